The van der Waals surface area contributed by atoms with Gasteiger partial charge in [0.2, 0.25) is 0 Å². The van der Waals surface area contributed by atoms with Crippen molar-refractivity contribution in [2.24, 2.45) is 11.8 Å². The Morgan fingerprint density at radius 1 is 0.739 bits per heavy atom. The van der Waals surface area contributed by atoms with Crippen LogP contribution in [0, 0.1) is 11.8 Å². The second kappa shape index (κ2) is 23.7. The van der Waals surface area contributed by atoms with E-state index in [-0.39, 0.29) is 48.7 Å². The minimum atomic E-state index is -0.210. The Balaban J connectivity index is -0.000000270. The topological polar surface area (TPSA) is 44.8 Å². The van der Waals surface area contributed by atoms with Crippen LogP contribution in [0.5, 0.6) is 0 Å². The van der Waals surface area contributed by atoms with Gasteiger partial charge < -0.3 is 4.74 Å². The zero-order valence-corrected chi connectivity index (χ0v) is 12.9. The third-order valence-electron chi connectivity index (χ3n) is 3.57. The monoisotopic (exact) mass is 338 g/mol. The standard InChI is InChI=1S/C15H30O4.4CH4/c1-5-13(6-2)11-17-15(16)9-10-18-19-12-14(7-3)8-4;;;;/h13-14H,5-12H2,1-4H3;4*1H4. The summed E-state index contributed by atoms with van der Waals surface area (Å²) < 4.78 is 5.18. The first kappa shape index (κ1) is 33.9. The first-order chi connectivity index (χ1) is 9.17. The van der Waals surface area contributed by atoms with Gasteiger partial charge >= 0.3 is 5.97 Å². The molecule has 0 rings (SSSR count). The molecule has 0 aromatic carbocycles. The maximum Gasteiger partial charge on any atom is 0.308 e. The van der Waals surface area contributed by atoms with E-state index in [1.165, 1.54) is 0 Å². The largest absolute Gasteiger partial charge is 0.465 e. The van der Waals surface area contributed by atoms with Crippen molar-refractivity contribution < 1.29 is 19.3 Å². The molecule has 4 nitrogen and oxygen atoms in total. The molecule has 146 valence electrons. The van der Waals surface area contributed by atoms with E-state index >= 15 is 0 Å². The van der Waals surface area contributed by atoms with Gasteiger partial charge in [-0.1, -0.05) is 83.1 Å². The molecule has 0 aromatic rings. The Labute approximate surface area is 147 Å². The molecule has 0 heterocycles. The van der Waals surface area contributed by atoms with Crippen LogP contribution in [-0.4, -0.2) is 25.8 Å². The summed E-state index contributed by atoms with van der Waals surface area (Å²) >= 11 is 0. The van der Waals surface area contributed by atoms with E-state index in [0.29, 0.717) is 25.0 Å². The fourth-order valence-electron chi connectivity index (χ4n) is 1.66. The Morgan fingerprint density at radius 2 is 1.17 bits per heavy atom. The van der Waals surface area contributed by atoms with Crippen LogP contribution >= 0.6 is 0 Å². The van der Waals surface area contributed by atoms with Gasteiger partial charge in [0.05, 0.1) is 26.2 Å². The third kappa shape index (κ3) is 19.3. The van der Waals surface area contributed by atoms with Gasteiger partial charge in [0.15, 0.2) is 0 Å². The second-order valence-electron chi connectivity index (χ2n) is 4.90. The van der Waals surface area contributed by atoms with Crippen LogP contribution in [0.4, 0.5) is 0 Å². The number of hydrogen-bond donors (Lipinski definition) is 0. The molecule has 23 heavy (non-hydrogen) atoms. The van der Waals surface area contributed by atoms with Gasteiger partial charge in [0.25, 0.3) is 0 Å². The zero-order chi connectivity index (χ0) is 14.5. The third-order valence-corrected chi connectivity index (χ3v) is 3.57. The van der Waals surface area contributed by atoms with E-state index in [1.54, 1.807) is 0 Å². The minimum absolute atomic E-state index is 0. The number of carbonyl (C=O) groups excluding carboxylic acids is 1. The smallest absolute Gasteiger partial charge is 0.308 e. The fraction of sp³-hybridized carbons (Fsp3) is 0.947. The van der Waals surface area contributed by atoms with Gasteiger partial charge in [-0.25, -0.2) is 9.78 Å². The molecule has 0 aliphatic rings. The van der Waals surface area contributed by atoms with E-state index in [2.05, 4.69) is 27.7 Å². The van der Waals surface area contributed by atoms with E-state index < -0.39 is 0 Å². The highest BCUT2D eigenvalue weighted by Crippen LogP contribution is 2.09. The predicted octanol–water partition coefficient (Wildman–Crippen LogP) is 6.28. The Hall–Kier alpha value is -0.610. The van der Waals surface area contributed by atoms with E-state index in [1.807, 2.05) is 0 Å². The van der Waals surface area contributed by atoms with Crippen molar-refractivity contribution in [1.82, 2.24) is 0 Å². The lowest BCUT2D eigenvalue weighted by molar-refractivity contribution is -0.301. The summed E-state index contributed by atoms with van der Waals surface area (Å²) in [6.45, 7) is 9.85. The maximum atomic E-state index is 11.4. The fourth-order valence-corrected chi connectivity index (χ4v) is 1.66. The predicted molar refractivity (Wildman–Crippen MR) is 103 cm³/mol. The highest BCUT2D eigenvalue weighted by atomic mass is 17.2. The van der Waals surface area contributed by atoms with Crippen LogP contribution in [0.1, 0.15) is 89.5 Å². The molecule has 0 spiro atoms. The molecular formula is C19H46O4. The highest BCUT2D eigenvalue weighted by Gasteiger charge is 2.09. The van der Waals surface area contributed by atoms with Gasteiger partial charge in [-0.05, 0) is 11.8 Å². The summed E-state index contributed by atoms with van der Waals surface area (Å²) in [7, 11) is 0. The molecule has 0 saturated heterocycles. The van der Waals surface area contributed by atoms with Crippen molar-refractivity contribution in [3.8, 4) is 0 Å². The lowest BCUT2D eigenvalue weighted by Crippen LogP contribution is -2.15. The zero-order valence-electron chi connectivity index (χ0n) is 12.9. The van der Waals surface area contributed by atoms with Gasteiger partial charge in [-0.3, -0.25) is 4.79 Å². The minimum Gasteiger partial charge on any atom is -0.465 e. The van der Waals surface area contributed by atoms with Gasteiger partial charge in [0, 0.05) is 0 Å². The van der Waals surface area contributed by atoms with Crippen LogP contribution in [0.2, 0.25) is 0 Å². The van der Waals surface area contributed by atoms with Crippen LogP contribution in [0.15, 0.2) is 0 Å². The molecule has 0 amide bonds. The van der Waals surface area contributed by atoms with E-state index in [4.69, 9.17) is 14.5 Å². The maximum absolute atomic E-state index is 11.4. The lowest BCUT2D eigenvalue weighted by Gasteiger charge is -2.13. The van der Waals surface area contributed by atoms with Crippen molar-refractivity contribution >= 4 is 5.97 Å². The Morgan fingerprint density at radius 3 is 1.61 bits per heavy atom. The number of carbonyl (C=O) groups is 1. The first-order valence-electron chi connectivity index (χ1n) is 7.57. The lowest BCUT2D eigenvalue weighted by atomic mass is 10.1. The molecular weight excluding hydrogens is 292 g/mol. The summed E-state index contributed by atoms with van der Waals surface area (Å²) in [5.74, 6) is 0.788. The average Bonchev–Trinajstić information content (AvgIpc) is 2.44. The normalized spacial score (nSPS) is 9.30. The second-order valence-corrected chi connectivity index (χ2v) is 4.90. The highest BCUT2D eigenvalue weighted by molar-refractivity contribution is 5.69. The van der Waals surface area contributed by atoms with Crippen LogP contribution in [-0.2, 0) is 19.3 Å². The van der Waals surface area contributed by atoms with Crippen LogP contribution < -0.4 is 0 Å². The van der Waals surface area contributed by atoms with Gasteiger partial charge in [-0.15, -0.1) is 0 Å². The molecule has 0 aliphatic heterocycles. The molecule has 0 N–H and O–H groups in total. The summed E-state index contributed by atoms with van der Waals surface area (Å²) in [5, 5.41) is 0. The van der Waals surface area contributed by atoms with E-state index in [9.17, 15) is 4.79 Å². The molecule has 0 unspecified atom stereocenters. The number of hydrogen-bond acceptors (Lipinski definition) is 4. The van der Waals surface area contributed by atoms with Gasteiger partial charge in [-0.2, -0.15) is 0 Å². The molecule has 0 bridgehead atoms. The molecule has 0 radical (unpaired) electrons. The number of esters is 1. The van der Waals surface area contributed by atoms with E-state index in [0.717, 1.165) is 25.7 Å². The van der Waals surface area contributed by atoms with Crippen LogP contribution in [0.25, 0.3) is 0 Å². The average molecular weight is 339 g/mol. The Bertz CT molecular complexity index is 211. The van der Waals surface area contributed by atoms with Crippen molar-refractivity contribution in [3.63, 3.8) is 0 Å². The van der Waals surface area contributed by atoms with Crippen molar-refractivity contribution in [3.05, 3.63) is 0 Å². The Kier molecular flexibility index (Phi) is 34.8. The SMILES string of the molecule is C.C.C.C.CCC(CC)COOCCC(=O)OCC(CC)CC. The van der Waals surface area contributed by atoms with Gasteiger partial charge in [0.1, 0.15) is 0 Å². The molecule has 0 fully saturated rings. The molecule has 0 aliphatic carbocycles. The van der Waals surface area contributed by atoms with Crippen molar-refractivity contribution in [2.75, 3.05) is 19.8 Å². The molecule has 0 saturated carbocycles. The number of ether oxygens (including phenoxy) is 1. The summed E-state index contributed by atoms with van der Waals surface area (Å²) in [5.41, 5.74) is 0. The van der Waals surface area contributed by atoms with Crippen LogP contribution in [0.3, 0.4) is 0 Å². The summed E-state index contributed by atoms with van der Waals surface area (Å²) in [6, 6.07) is 0. The molecule has 0 atom stereocenters. The molecule has 4 heteroatoms. The quantitative estimate of drug-likeness (QED) is 0.182. The van der Waals surface area contributed by atoms with Crippen molar-refractivity contribution in [2.45, 2.75) is 89.5 Å². The first-order valence-corrected chi connectivity index (χ1v) is 7.57. The summed E-state index contributed by atoms with van der Waals surface area (Å²) in [6.07, 6.45) is 4.50. The summed E-state index contributed by atoms with van der Waals surface area (Å²) in [4.78, 5) is 21.5. The molecule has 0 aromatic heterocycles. The van der Waals surface area contributed by atoms with Crippen molar-refractivity contribution in [1.29, 1.82) is 0 Å². The number of rotatable bonds is 12.